The highest BCUT2D eigenvalue weighted by Gasteiger charge is 2.36. The summed E-state index contributed by atoms with van der Waals surface area (Å²) in [5.74, 6) is -0.243. The molecule has 0 spiro atoms. The fourth-order valence-electron chi connectivity index (χ4n) is 2.60. The molecule has 0 aliphatic heterocycles. The topological polar surface area (TPSA) is 20.2 Å². The van der Waals surface area contributed by atoms with E-state index in [1.807, 2.05) is 0 Å². The van der Waals surface area contributed by atoms with Crippen molar-refractivity contribution in [1.82, 2.24) is 0 Å². The van der Waals surface area contributed by atoms with E-state index in [1.165, 1.54) is 12.1 Å². The van der Waals surface area contributed by atoms with Crippen LogP contribution >= 0.6 is 15.9 Å². The molecule has 1 nitrogen and oxygen atoms in total. The van der Waals surface area contributed by atoms with Gasteiger partial charge in [0.1, 0.15) is 5.82 Å². The molecule has 1 aliphatic carbocycles. The Morgan fingerprint density at radius 1 is 1.22 bits per heavy atom. The summed E-state index contributed by atoms with van der Waals surface area (Å²) >= 11 is 3.43. The molecule has 18 heavy (non-hydrogen) atoms. The molecular weight excluding hydrogens is 295 g/mol. The minimum Gasteiger partial charge on any atom is -0.390 e. The van der Waals surface area contributed by atoms with Crippen molar-refractivity contribution < 1.29 is 9.50 Å². The van der Waals surface area contributed by atoms with Crippen LogP contribution in [0.2, 0.25) is 0 Å². The van der Waals surface area contributed by atoms with Gasteiger partial charge >= 0.3 is 0 Å². The summed E-state index contributed by atoms with van der Waals surface area (Å²) in [6.45, 7) is 4.48. The van der Waals surface area contributed by atoms with Crippen LogP contribution in [-0.4, -0.2) is 10.7 Å². The molecule has 0 atom stereocenters. The Kier molecular flexibility index (Phi) is 3.84. The quantitative estimate of drug-likeness (QED) is 0.854. The first-order valence-corrected chi connectivity index (χ1v) is 7.25. The molecule has 0 bridgehead atoms. The zero-order valence-electron chi connectivity index (χ0n) is 11.0. The Labute approximate surface area is 117 Å². The van der Waals surface area contributed by atoms with Crippen LogP contribution in [0.1, 0.15) is 45.1 Å². The normalized spacial score (nSPS) is 21.8. The van der Waals surface area contributed by atoms with E-state index in [9.17, 15) is 9.50 Å². The van der Waals surface area contributed by atoms with Gasteiger partial charge in [0.25, 0.3) is 0 Å². The van der Waals surface area contributed by atoms with E-state index in [1.54, 1.807) is 6.07 Å². The number of halogens is 2. The molecule has 3 heteroatoms. The minimum atomic E-state index is -0.675. The standard InChI is InChI=1S/C15H20BrFO/c1-14(2)5-7-15(18,8-6-14)10-11-9-12(17)3-4-13(11)16/h3-4,9,18H,5-8,10H2,1-2H3. The number of hydrogen-bond acceptors (Lipinski definition) is 1. The van der Waals surface area contributed by atoms with E-state index < -0.39 is 5.60 Å². The first-order chi connectivity index (χ1) is 8.30. The molecular formula is C15H20BrFO. The molecule has 0 radical (unpaired) electrons. The SMILES string of the molecule is CC1(C)CCC(O)(Cc2cc(F)ccc2Br)CC1. The van der Waals surface area contributed by atoms with E-state index in [0.717, 1.165) is 35.7 Å². The van der Waals surface area contributed by atoms with E-state index in [-0.39, 0.29) is 5.82 Å². The maximum absolute atomic E-state index is 13.2. The predicted octanol–water partition coefficient (Wildman–Crippen LogP) is 4.46. The van der Waals surface area contributed by atoms with Gasteiger partial charge in [-0.3, -0.25) is 0 Å². The van der Waals surface area contributed by atoms with Crippen LogP contribution in [0, 0.1) is 11.2 Å². The van der Waals surface area contributed by atoms with Crippen LogP contribution in [0.15, 0.2) is 22.7 Å². The van der Waals surface area contributed by atoms with Crippen molar-refractivity contribution in [2.75, 3.05) is 0 Å². The van der Waals surface area contributed by atoms with Gasteiger partial charge in [-0.15, -0.1) is 0 Å². The molecule has 0 amide bonds. The lowest BCUT2D eigenvalue weighted by molar-refractivity contribution is -0.0252. The first kappa shape index (κ1) is 14.0. The second-order valence-corrected chi connectivity index (χ2v) is 7.16. The second-order valence-electron chi connectivity index (χ2n) is 6.30. The van der Waals surface area contributed by atoms with Gasteiger partial charge in [0, 0.05) is 10.9 Å². The molecule has 2 rings (SSSR count). The first-order valence-electron chi connectivity index (χ1n) is 6.46. The highest BCUT2D eigenvalue weighted by molar-refractivity contribution is 9.10. The Morgan fingerprint density at radius 3 is 2.44 bits per heavy atom. The van der Waals surface area contributed by atoms with Gasteiger partial charge < -0.3 is 5.11 Å². The highest BCUT2D eigenvalue weighted by atomic mass is 79.9. The van der Waals surface area contributed by atoms with Gasteiger partial charge in [-0.2, -0.15) is 0 Å². The molecule has 0 heterocycles. The van der Waals surface area contributed by atoms with Crippen molar-refractivity contribution in [2.24, 2.45) is 5.41 Å². The fraction of sp³-hybridized carbons (Fsp3) is 0.600. The Hall–Kier alpha value is -0.410. The van der Waals surface area contributed by atoms with Gasteiger partial charge in [0.05, 0.1) is 5.60 Å². The second kappa shape index (κ2) is 4.93. The minimum absolute atomic E-state index is 0.243. The maximum atomic E-state index is 13.2. The lowest BCUT2D eigenvalue weighted by atomic mass is 9.69. The summed E-state index contributed by atoms with van der Waals surface area (Å²) in [6, 6.07) is 4.66. The Bertz CT molecular complexity index is 432. The van der Waals surface area contributed by atoms with Crippen LogP contribution in [0.25, 0.3) is 0 Å². The highest BCUT2D eigenvalue weighted by Crippen LogP contribution is 2.42. The average molecular weight is 315 g/mol. The third-order valence-corrected chi connectivity index (χ3v) is 4.84. The van der Waals surface area contributed by atoms with Crippen molar-refractivity contribution in [1.29, 1.82) is 0 Å². The zero-order chi connectivity index (χ0) is 13.4. The molecule has 1 aromatic carbocycles. The van der Waals surface area contributed by atoms with Crippen molar-refractivity contribution in [2.45, 2.75) is 51.6 Å². The smallest absolute Gasteiger partial charge is 0.123 e. The van der Waals surface area contributed by atoms with Crippen molar-refractivity contribution >= 4 is 15.9 Å². The van der Waals surface area contributed by atoms with Gasteiger partial charge in [-0.05, 0) is 54.9 Å². The molecule has 0 saturated heterocycles. The summed E-state index contributed by atoms with van der Waals surface area (Å²) in [7, 11) is 0. The number of benzene rings is 1. The summed E-state index contributed by atoms with van der Waals surface area (Å²) in [4.78, 5) is 0. The summed E-state index contributed by atoms with van der Waals surface area (Å²) < 4.78 is 14.1. The maximum Gasteiger partial charge on any atom is 0.123 e. The number of rotatable bonds is 2. The summed E-state index contributed by atoms with van der Waals surface area (Å²) in [5.41, 5.74) is 0.509. The van der Waals surface area contributed by atoms with E-state index >= 15 is 0 Å². The van der Waals surface area contributed by atoms with Crippen molar-refractivity contribution in [3.05, 3.63) is 34.1 Å². The van der Waals surface area contributed by atoms with Crippen molar-refractivity contribution in [3.8, 4) is 0 Å². The van der Waals surface area contributed by atoms with E-state index in [0.29, 0.717) is 11.8 Å². The van der Waals surface area contributed by atoms with Gasteiger partial charge in [0.2, 0.25) is 0 Å². The van der Waals surface area contributed by atoms with Crippen LogP contribution in [0.3, 0.4) is 0 Å². The monoisotopic (exact) mass is 314 g/mol. The molecule has 0 unspecified atom stereocenters. The lowest BCUT2D eigenvalue weighted by Crippen LogP contribution is -2.38. The average Bonchev–Trinajstić information content (AvgIpc) is 2.29. The van der Waals surface area contributed by atoms with E-state index in [2.05, 4.69) is 29.8 Å². The molecule has 1 fully saturated rings. The summed E-state index contributed by atoms with van der Waals surface area (Å²) in [5, 5.41) is 10.6. The predicted molar refractivity (Wildman–Crippen MR) is 75.0 cm³/mol. The van der Waals surface area contributed by atoms with Crippen LogP contribution in [-0.2, 0) is 6.42 Å². The van der Waals surface area contributed by atoms with Gasteiger partial charge in [-0.1, -0.05) is 29.8 Å². The molecule has 1 aliphatic rings. The molecule has 1 aromatic rings. The Balaban J connectivity index is 2.11. The third kappa shape index (κ3) is 3.33. The molecule has 1 N–H and O–H groups in total. The number of aliphatic hydroxyl groups is 1. The van der Waals surface area contributed by atoms with Gasteiger partial charge in [0.15, 0.2) is 0 Å². The molecule has 100 valence electrons. The molecule has 1 saturated carbocycles. The van der Waals surface area contributed by atoms with Crippen LogP contribution < -0.4 is 0 Å². The largest absolute Gasteiger partial charge is 0.390 e. The van der Waals surface area contributed by atoms with Gasteiger partial charge in [-0.25, -0.2) is 4.39 Å². The fourth-order valence-corrected chi connectivity index (χ4v) is 2.99. The van der Waals surface area contributed by atoms with Crippen molar-refractivity contribution in [3.63, 3.8) is 0 Å². The lowest BCUT2D eigenvalue weighted by Gasteiger charge is -2.40. The van der Waals surface area contributed by atoms with E-state index in [4.69, 9.17) is 0 Å². The van der Waals surface area contributed by atoms with Crippen LogP contribution in [0.4, 0.5) is 4.39 Å². The third-order valence-electron chi connectivity index (χ3n) is 4.06. The number of hydrogen-bond donors (Lipinski definition) is 1. The zero-order valence-corrected chi connectivity index (χ0v) is 12.6. The molecule has 0 aromatic heterocycles. The van der Waals surface area contributed by atoms with Crippen LogP contribution in [0.5, 0.6) is 0 Å². The Morgan fingerprint density at radius 2 is 1.83 bits per heavy atom. The summed E-state index contributed by atoms with van der Waals surface area (Å²) in [6.07, 6.45) is 4.17.